The first-order valence-electron chi connectivity index (χ1n) is 13.9. The van der Waals surface area contributed by atoms with E-state index in [1.165, 1.54) is 44.0 Å². The minimum absolute atomic E-state index is 0.107. The molecule has 0 bridgehead atoms. The number of likely N-dealkylation sites (tertiary alicyclic amines) is 1. The van der Waals surface area contributed by atoms with E-state index in [0.717, 1.165) is 61.8 Å². The lowest BCUT2D eigenvalue weighted by Gasteiger charge is -2.26. The fraction of sp³-hybridized carbons (Fsp3) is 0.567. The van der Waals surface area contributed by atoms with Crippen molar-refractivity contribution >= 4 is 34.3 Å². The van der Waals surface area contributed by atoms with Crippen LogP contribution >= 0.6 is 11.6 Å². The molecule has 3 aromatic rings. The molecule has 1 aliphatic heterocycles. The van der Waals surface area contributed by atoms with Crippen LogP contribution in [0.1, 0.15) is 58.9 Å². The first-order chi connectivity index (χ1) is 17.8. The monoisotopic (exact) mass is 527 g/mol. The number of piperidine rings is 1. The van der Waals surface area contributed by atoms with E-state index < -0.39 is 5.82 Å². The lowest BCUT2D eigenvalue weighted by atomic mass is 10.1. The number of hydrogen-bond acceptors (Lipinski definition) is 4. The van der Waals surface area contributed by atoms with Crippen LogP contribution in [0.25, 0.3) is 11.0 Å². The Morgan fingerprint density at radius 3 is 2.38 bits per heavy atom. The topological polar surface area (TPSA) is 36.3 Å². The summed E-state index contributed by atoms with van der Waals surface area (Å²) in [4.78, 5) is 10.1. The van der Waals surface area contributed by atoms with Crippen LogP contribution < -0.4 is 5.32 Å². The second-order valence-corrected chi connectivity index (χ2v) is 11.8. The number of fused-ring (bicyclic) bond motifs is 1. The molecule has 1 saturated heterocycles. The Labute approximate surface area is 227 Å². The van der Waals surface area contributed by atoms with Gasteiger partial charge in [0.15, 0.2) is 0 Å². The fourth-order valence-electron chi connectivity index (χ4n) is 5.42. The van der Waals surface area contributed by atoms with Crippen molar-refractivity contribution in [2.75, 3.05) is 38.0 Å². The second kappa shape index (κ2) is 13.1. The number of nitrogens with zero attached hydrogens (tertiary/aromatic N) is 4. The van der Waals surface area contributed by atoms with Crippen LogP contribution in [0.3, 0.4) is 0 Å². The van der Waals surface area contributed by atoms with Crippen LogP contribution in [0.4, 0.5) is 16.0 Å². The molecule has 5 nitrogen and oxygen atoms in total. The normalized spacial score (nSPS) is 14.9. The minimum Gasteiger partial charge on any atom is -0.326 e. The van der Waals surface area contributed by atoms with Crippen molar-refractivity contribution in [3.05, 3.63) is 52.8 Å². The molecule has 0 unspecified atom stereocenters. The van der Waals surface area contributed by atoms with Gasteiger partial charge in [0.05, 0.1) is 16.1 Å². The molecule has 0 amide bonds. The van der Waals surface area contributed by atoms with Crippen molar-refractivity contribution in [3.8, 4) is 0 Å². The van der Waals surface area contributed by atoms with E-state index >= 15 is 0 Å². The standard InChI is InChI=1S/C30H43ClFN5/c1-22(2)19-36(20-23(3)4)21-24-9-12-28-29(17-24)37(16-8-15-35-13-6-5-7-14-35)30(34-28)33-25-10-11-27(32)26(31)18-25/h9-12,17-18,22-23H,5-8,13-16,19-21H2,1-4H3,(H,33,34). The highest BCUT2D eigenvalue weighted by Gasteiger charge is 2.16. The number of anilines is 2. The molecule has 1 N–H and O–H groups in total. The SMILES string of the molecule is CC(C)CN(Cc1ccc2nc(Nc3ccc(F)c(Cl)c3)n(CCCN3CCCCC3)c2c1)CC(C)C. The van der Waals surface area contributed by atoms with Crippen LogP contribution in [0.2, 0.25) is 5.02 Å². The van der Waals surface area contributed by atoms with Crippen molar-refractivity contribution in [3.63, 3.8) is 0 Å². The lowest BCUT2D eigenvalue weighted by molar-refractivity contribution is 0.211. The smallest absolute Gasteiger partial charge is 0.208 e. The van der Waals surface area contributed by atoms with Gasteiger partial charge in [0.1, 0.15) is 5.82 Å². The molecule has 202 valence electrons. The van der Waals surface area contributed by atoms with Gasteiger partial charge in [-0.25, -0.2) is 9.37 Å². The molecular formula is C30H43ClFN5. The van der Waals surface area contributed by atoms with Crippen molar-refractivity contribution < 1.29 is 4.39 Å². The molecule has 1 aliphatic rings. The zero-order valence-electron chi connectivity index (χ0n) is 22.9. The molecule has 0 atom stereocenters. The Bertz CT molecular complexity index is 1140. The van der Waals surface area contributed by atoms with Gasteiger partial charge < -0.3 is 14.8 Å². The molecule has 0 aliphatic carbocycles. The maximum Gasteiger partial charge on any atom is 0.208 e. The third-order valence-electron chi connectivity index (χ3n) is 6.95. The average molecular weight is 528 g/mol. The molecule has 37 heavy (non-hydrogen) atoms. The Balaban J connectivity index is 1.60. The van der Waals surface area contributed by atoms with Gasteiger partial charge in [-0.2, -0.15) is 0 Å². The number of hydrogen-bond donors (Lipinski definition) is 1. The Kier molecular flexibility index (Phi) is 9.85. The molecule has 2 heterocycles. The Morgan fingerprint density at radius 1 is 0.973 bits per heavy atom. The van der Waals surface area contributed by atoms with Gasteiger partial charge >= 0.3 is 0 Å². The molecule has 0 saturated carbocycles. The van der Waals surface area contributed by atoms with Gasteiger partial charge in [-0.1, -0.05) is 51.8 Å². The van der Waals surface area contributed by atoms with E-state index in [-0.39, 0.29) is 5.02 Å². The first kappa shape index (κ1) is 27.9. The van der Waals surface area contributed by atoms with Crippen molar-refractivity contribution in [1.29, 1.82) is 0 Å². The highest BCUT2D eigenvalue weighted by atomic mass is 35.5. The Hall–Kier alpha value is -2.15. The molecule has 1 fully saturated rings. The van der Waals surface area contributed by atoms with Gasteiger partial charge in [-0.15, -0.1) is 0 Å². The predicted molar refractivity (Wildman–Crippen MR) is 154 cm³/mol. The van der Waals surface area contributed by atoms with Crippen molar-refractivity contribution in [1.82, 2.24) is 19.4 Å². The third-order valence-corrected chi connectivity index (χ3v) is 7.24. The van der Waals surface area contributed by atoms with Crippen LogP contribution in [0.15, 0.2) is 36.4 Å². The maximum atomic E-state index is 13.7. The minimum atomic E-state index is -0.417. The largest absolute Gasteiger partial charge is 0.326 e. The van der Waals surface area contributed by atoms with Gasteiger partial charge in [0.2, 0.25) is 5.95 Å². The van der Waals surface area contributed by atoms with Crippen LogP contribution in [-0.4, -0.2) is 52.1 Å². The summed E-state index contributed by atoms with van der Waals surface area (Å²) < 4.78 is 16.0. The summed E-state index contributed by atoms with van der Waals surface area (Å²) >= 11 is 6.06. The summed E-state index contributed by atoms with van der Waals surface area (Å²) in [5.41, 5.74) is 4.15. The van der Waals surface area contributed by atoms with Crippen molar-refractivity contribution in [2.24, 2.45) is 11.8 Å². The summed E-state index contributed by atoms with van der Waals surface area (Å²) in [5.74, 6) is 1.61. The van der Waals surface area contributed by atoms with E-state index in [4.69, 9.17) is 16.6 Å². The van der Waals surface area contributed by atoms with Gasteiger partial charge in [0.25, 0.3) is 0 Å². The summed E-state index contributed by atoms with van der Waals surface area (Å²) in [5, 5.41) is 3.51. The van der Waals surface area contributed by atoms with Crippen LogP contribution in [0.5, 0.6) is 0 Å². The van der Waals surface area contributed by atoms with E-state index in [1.54, 1.807) is 12.1 Å². The number of halogens is 2. The van der Waals surface area contributed by atoms with E-state index in [2.05, 4.69) is 65.6 Å². The summed E-state index contributed by atoms with van der Waals surface area (Å²) in [6.07, 6.45) is 5.02. The number of benzene rings is 2. The number of rotatable bonds is 12. The van der Waals surface area contributed by atoms with Gasteiger partial charge in [-0.3, -0.25) is 4.90 Å². The molecule has 4 rings (SSSR count). The van der Waals surface area contributed by atoms with Crippen molar-refractivity contribution in [2.45, 2.75) is 66.5 Å². The zero-order chi connectivity index (χ0) is 26.4. The number of imidazole rings is 1. The molecule has 0 spiro atoms. The van der Waals surface area contributed by atoms with E-state index in [1.807, 2.05) is 0 Å². The number of aromatic nitrogens is 2. The summed E-state index contributed by atoms with van der Waals surface area (Å²) in [6.45, 7) is 16.6. The second-order valence-electron chi connectivity index (χ2n) is 11.4. The van der Waals surface area contributed by atoms with Crippen LogP contribution in [0, 0.1) is 17.7 Å². The average Bonchev–Trinajstić information content (AvgIpc) is 3.17. The van der Waals surface area contributed by atoms with Crippen LogP contribution in [-0.2, 0) is 13.1 Å². The van der Waals surface area contributed by atoms with E-state index in [0.29, 0.717) is 11.8 Å². The fourth-order valence-corrected chi connectivity index (χ4v) is 5.60. The Morgan fingerprint density at radius 2 is 1.70 bits per heavy atom. The molecule has 0 radical (unpaired) electrons. The third kappa shape index (κ3) is 7.92. The molecule has 7 heteroatoms. The highest BCUT2D eigenvalue weighted by molar-refractivity contribution is 6.31. The zero-order valence-corrected chi connectivity index (χ0v) is 23.7. The molecule has 2 aromatic carbocycles. The maximum absolute atomic E-state index is 13.7. The molecule has 1 aromatic heterocycles. The predicted octanol–water partition coefficient (Wildman–Crippen LogP) is 7.56. The summed E-state index contributed by atoms with van der Waals surface area (Å²) in [6, 6.07) is 11.4. The number of nitrogens with one attached hydrogen (secondary N) is 1. The van der Waals surface area contributed by atoms with Gasteiger partial charge in [0, 0.05) is 31.9 Å². The quantitative estimate of drug-likeness (QED) is 0.263. The molecular weight excluding hydrogens is 485 g/mol. The first-order valence-corrected chi connectivity index (χ1v) is 14.3. The number of aryl methyl sites for hydroxylation is 1. The summed E-state index contributed by atoms with van der Waals surface area (Å²) in [7, 11) is 0. The van der Waals surface area contributed by atoms with Gasteiger partial charge in [-0.05, 0) is 86.6 Å². The van der Waals surface area contributed by atoms with E-state index in [9.17, 15) is 4.39 Å². The highest BCUT2D eigenvalue weighted by Crippen LogP contribution is 2.27. The lowest BCUT2D eigenvalue weighted by Crippen LogP contribution is -2.31.